The van der Waals surface area contributed by atoms with E-state index in [0.717, 1.165) is 48.5 Å². The van der Waals surface area contributed by atoms with E-state index in [2.05, 4.69) is 0 Å². The van der Waals surface area contributed by atoms with Gasteiger partial charge in [-0.15, -0.1) is 0 Å². The van der Waals surface area contributed by atoms with E-state index in [1.54, 1.807) is 0 Å². The maximum Gasteiger partial charge on any atom is 3.00 e. The number of hydrogen-bond donors (Lipinski definition) is 6. The Kier molecular flexibility index (Phi) is 193. The first kappa shape index (κ1) is 84.2. The third kappa shape index (κ3) is 5150. The summed E-state index contributed by atoms with van der Waals surface area (Å²) in [5, 5.41) is 62.2. The second-order valence-corrected chi connectivity index (χ2v) is 4.02. The summed E-state index contributed by atoms with van der Waals surface area (Å²) in [4.78, 5) is 62.2. The van der Waals surface area contributed by atoms with Crippen molar-refractivity contribution in [3.63, 3.8) is 0 Å². The molecule has 37 heavy (non-hydrogen) atoms. The Bertz CT molecular complexity index is 364. The van der Waals surface area contributed by atoms with Crippen molar-refractivity contribution in [2.75, 3.05) is 13.1 Å². The fraction of sp³-hybridized carbons (Fsp3) is 0.562. The SMILES string of the molecule is CC(=O)[O-].CC(=O)[O-].CC(=O)[O-].CC(=O)[O-].CC(=O)[O-].CC(=O)[O-].CC(=O)[O-].NCCN.[Fe+3].[NH4+].[NH4+].[NH4+].[NH4+]. The normalized spacial score (nSPS) is 5.54. The van der Waals surface area contributed by atoms with Gasteiger partial charge in [0.1, 0.15) is 0 Å². The van der Waals surface area contributed by atoms with Crippen LogP contribution in [0.3, 0.4) is 0 Å². The first-order valence-electron chi connectivity index (χ1n) is 7.67. The van der Waals surface area contributed by atoms with Gasteiger partial charge in [0.25, 0.3) is 0 Å². The number of carboxylic acid groups (broad SMARTS) is 7. The molecular formula is C16H45FeN6O14. The summed E-state index contributed by atoms with van der Waals surface area (Å²) in [5.41, 5.74) is 9.81. The van der Waals surface area contributed by atoms with Gasteiger partial charge in [-0.05, 0) is 48.5 Å². The van der Waals surface area contributed by atoms with Crippen LogP contribution in [-0.2, 0) is 50.6 Å². The van der Waals surface area contributed by atoms with E-state index in [-0.39, 0.29) is 41.7 Å². The van der Waals surface area contributed by atoms with Crippen LogP contribution in [0.1, 0.15) is 48.5 Å². The Morgan fingerprint density at radius 3 is 0.405 bits per heavy atom. The summed E-state index contributed by atoms with van der Waals surface area (Å²) < 4.78 is 0. The van der Waals surface area contributed by atoms with Crippen molar-refractivity contribution in [1.82, 2.24) is 24.6 Å². The Balaban J connectivity index is -0.0000000159. The van der Waals surface area contributed by atoms with E-state index >= 15 is 0 Å². The molecule has 1 radical (unpaired) electrons. The molecule has 0 rings (SSSR count). The van der Waals surface area contributed by atoms with Gasteiger partial charge in [-0.25, -0.2) is 0 Å². The minimum absolute atomic E-state index is 0. The number of nitrogens with two attached hydrogens (primary N) is 2. The van der Waals surface area contributed by atoms with Crippen LogP contribution in [0, 0.1) is 0 Å². The number of aliphatic carboxylic acids is 7. The summed E-state index contributed by atoms with van der Waals surface area (Å²) in [5.74, 6) is -7.58. The molecule has 20 N–H and O–H groups in total. The van der Waals surface area contributed by atoms with Gasteiger partial charge in [-0.1, -0.05) is 0 Å². The van der Waals surface area contributed by atoms with Gasteiger partial charge in [-0.2, -0.15) is 0 Å². The van der Waals surface area contributed by atoms with Crippen LogP contribution in [0.15, 0.2) is 0 Å². The van der Waals surface area contributed by atoms with Crippen molar-refractivity contribution >= 4 is 41.8 Å². The monoisotopic (exact) mass is 601 g/mol. The van der Waals surface area contributed by atoms with Crippen LogP contribution < -0.4 is 71.8 Å². The zero-order valence-electron chi connectivity index (χ0n) is 23.1. The molecule has 20 nitrogen and oxygen atoms in total. The van der Waals surface area contributed by atoms with Crippen LogP contribution in [-0.4, -0.2) is 54.9 Å². The largest absolute Gasteiger partial charge is 3.00 e. The average Bonchev–Trinajstić information content (AvgIpc) is 2.42. The van der Waals surface area contributed by atoms with Crippen LogP contribution >= 0.6 is 0 Å². The molecule has 0 amide bonds. The first-order valence-corrected chi connectivity index (χ1v) is 7.67. The molecule has 21 heteroatoms. The molecule has 0 fully saturated rings. The van der Waals surface area contributed by atoms with Gasteiger partial charge < -0.3 is 105 Å². The predicted molar refractivity (Wildman–Crippen MR) is 117 cm³/mol. The first-order chi connectivity index (χ1) is 14.0. The zero-order chi connectivity index (χ0) is 28.5. The molecule has 0 heterocycles. The van der Waals surface area contributed by atoms with Crippen LogP contribution in [0.2, 0.25) is 0 Å². The summed E-state index contributed by atoms with van der Waals surface area (Å²) in [6.07, 6.45) is 0. The number of carbonyl (C=O) groups excluding carboxylic acids is 7. The van der Waals surface area contributed by atoms with Crippen LogP contribution in [0.4, 0.5) is 0 Å². The number of hydrogen-bond acceptors (Lipinski definition) is 16. The number of carbonyl (C=O) groups is 7. The molecule has 0 saturated carbocycles. The molecule has 0 atom stereocenters. The number of carboxylic acids is 7. The maximum atomic E-state index is 8.89. The van der Waals surface area contributed by atoms with E-state index < -0.39 is 41.8 Å². The molecule has 0 aliphatic rings. The molecule has 0 aromatic carbocycles. The second-order valence-electron chi connectivity index (χ2n) is 4.02. The molecule has 0 saturated heterocycles. The van der Waals surface area contributed by atoms with Crippen molar-refractivity contribution in [1.29, 1.82) is 0 Å². The number of rotatable bonds is 1. The molecule has 0 aromatic rings. The van der Waals surface area contributed by atoms with E-state index in [1.165, 1.54) is 0 Å². The van der Waals surface area contributed by atoms with Gasteiger partial charge in [0, 0.05) is 54.9 Å². The topological polar surface area (TPSA) is 479 Å². The summed E-state index contributed by atoms with van der Waals surface area (Å²) >= 11 is 0. The Hall–Kier alpha value is -3.43. The minimum Gasteiger partial charge on any atom is -0.550 e. The number of quaternary nitrogens is 4. The molecule has 0 aliphatic heterocycles. The predicted octanol–water partition coefficient (Wildman–Crippen LogP) is -8.30. The van der Waals surface area contributed by atoms with Gasteiger partial charge >= 0.3 is 17.1 Å². The quantitative estimate of drug-likeness (QED) is 0.152. The standard InChI is InChI=1S/C2H8N2.7C2H4O2.Fe.4H3N/c3-1-2-4;7*1-2(3)4;;;;;/h1-4H2;7*1H3,(H,3,4);;4*1H3/q;;;;;;;;+3;;;;/p-3. The van der Waals surface area contributed by atoms with Gasteiger partial charge in [0.05, 0.1) is 0 Å². The van der Waals surface area contributed by atoms with E-state index in [1.807, 2.05) is 0 Å². The zero-order valence-corrected chi connectivity index (χ0v) is 24.2. The molecule has 0 aliphatic carbocycles. The van der Waals surface area contributed by atoms with E-state index in [9.17, 15) is 0 Å². The van der Waals surface area contributed by atoms with E-state index in [4.69, 9.17) is 80.8 Å². The van der Waals surface area contributed by atoms with E-state index in [0.29, 0.717) is 13.1 Å². The molecule has 231 valence electrons. The van der Waals surface area contributed by atoms with Gasteiger partial charge in [0.15, 0.2) is 0 Å². The van der Waals surface area contributed by atoms with Gasteiger partial charge in [-0.3, -0.25) is 0 Å². The molecule has 0 bridgehead atoms. The third-order valence-electron chi connectivity index (χ3n) is 0.167. The second kappa shape index (κ2) is 84.8. The van der Waals surface area contributed by atoms with Crippen molar-refractivity contribution in [3.8, 4) is 0 Å². The summed E-state index contributed by atoms with van der Waals surface area (Å²) in [7, 11) is 0. The maximum absolute atomic E-state index is 8.89. The molecule has 0 spiro atoms. The van der Waals surface area contributed by atoms with Crippen molar-refractivity contribution in [2.45, 2.75) is 48.5 Å². The van der Waals surface area contributed by atoms with Crippen LogP contribution in [0.25, 0.3) is 0 Å². The van der Waals surface area contributed by atoms with Crippen molar-refractivity contribution < 1.29 is 86.4 Å². The van der Waals surface area contributed by atoms with Gasteiger partial charge in [0.2, 0.25) is 0 Å². The minimum atomic E-state index is -1.08. The fourth-order valence-electron chi connectivity index (χ4n) is 0. The fourth-order valence-corrected chi connectivity index (χ4v) is 0. The van der Waals surface area contributed by atoms with Crippen molar-refractivity contribution in [2.24, 2.45) is 11.5 Å². The Labute approximate surface area is 226 Å². The summed E-state index contributed by atoms with van der Waals surface area (Å²) in [6, 6.07) is 0. The molecule has 0 unspecified atom stereocenters. The molecule has 0 aromatic heterocycles. The van der Waals surface area contributed by atoms with Crippen LogP contribution in [0.5, 0.6) is 0 Å². The Morgan fingerprint density at radius 1 is 0.378 bits per heavy atom. The third-order valence-corrected chi connectivity index (χ3v) is 0.167. The average molecular weight is 601 g/mol. The Morgan fingerprint density at radius 2 is 0.405 bits per heavy atom. The summed E-state index contributed by atoms with van der Waals surface area (Å²) in [6.45, 7) is 8.00. The molecular weight excluding hydrogens is 556 g/mol. The van der Waals surface area contributed by atoms with Crippen molar-refractivity contribution in [3.05, 3.63) is 0 Å². The smallest absolute Gasteiger partial charge is 0.550 e.